The Bertz CT molecular complexity index is 739. The number of carbonyl (C=O) groups is 2. The van der Waals surface area contributed by atoms with Gasteiger partial charge in [0.15, 0.2) is 5.78 Å². The molecule has 0 spiro atoms. The van der Waals surface area contributed by atoms with Crippen LogP contribution in [0.15, 0.2) is 41.0 Å². The zero-order chi connectivity index (χ0) is 15.5. The van der Waals surface area contributed by atoms with Crippen LogP contribution < -0.4 is 4.74 Å². The first-order chi connectivity index (χ1) is 10.6. The van der Waals surface area contributed by atoms with Gasteiger partial charge in [-0.1, -0.05) is 6.07 Å². The van der Waals surface area contributed by atoms with Crippen molar-refractivity contribution in [2.75, 3.05) is 0 Å². The number of hydrogen-bond acceptors (Lipinski definition) is 4. The van der Waals surface area contributed by atoms with Gasteiger partial charge in [-0.2, -0.15) is 0 Å². The van der Waals surface area contributed by atoms with Gasteiger partial charge in [0.05, 0.1) is 11.8 Å². The lowest BCUT2D eigenvalue weighted by atomic mass is 9.87. The minimum atomic E-state index is -0.527. The molecule has 0 N–H and O–H groups in total. The SMILES string of the molecule is Cc1ccc(OC(=O)/C=C/c2ccco2)c2c1CCCC2=O. The van der Waals surface area contributed by atoms with E-state index in [1.807, 2.05) is 13.0 Å². The lowest BCUT2D eigenvalue weighted by Gasteiger charge is -2.19. The topological polar surface area (TPSA) is 56.5 Å². The normalized spacial score (nSPS) is 14.1. The van der Waals surface area contributed by atoms with E-state index in [9.17, 15) is 9.59 Å². The fourth-order valence-electron chi connectivity index (χ4n) is 2.67. The second-order valence-electron chi connectivity index (χ2n) is 5.28. The molecular weight excluding hydrogens is 280 g/mol. The molecular formula is C18H16O4. The largest absolute Gasteiger partial charge is 0.465 e. The van der Waals surface area contributed by atoms with Crippen LogP contribution in [0.3, 0.4) is 0 Å². The van der Waals surface area contributed by atoms with Gasteiger partial charge in [0.25, 0.3) is 0 Å². The second kappa shape index (κ2) is 6.02. The number of ketones is 1. The summed E-state index contributed by atoms with van der Waals surface area (Å²) in [5.74, 6) is 0.432. The average Bonchev–Trinajstić information content (AvgIpc) is 3.02. The van der Waals surface area contributed by atoms with E-state index in [1.165, 1.54) is 18.4 Å². The van der Waals surface area contributed by atoms with E-state index in [-0.39, 0.29) is 5.78 Å². The molecule has 0 fully saturated rings. The first kappa shape index (κ1) is 14.3. The van der Waals surface area contributed by atoms with Gasteiger partial charge in [-0.25, -0.2) is 4.79 Å². The standard InChI is InChI=1S/C18H16O4/c1-12-7-9-16(18-14(12)5-2-6-15(18)19)22-17(20)10-8-13-4-3-11-21-13/h3-4,7-11H,2,5-6H2,1H3/b10-8+. The molecule has 4 heteroatoms. The Morgan fingerprint density at radius 3 is 2.91 bits per heavy atom. The summed E-state index contributed by atoms with van der Waals surface area (Å²) in [6, 6.07) is 7.05. The Morgan fingerprint density at radius 1 is 1.27 bits per heavy atom. The number of carbonyl (C=O) groups excluding carboxylic acids is 2. The number of benzene rings is 1. The summed E-state index contributed by atoms with van der Waals surface area (Å²) in [5, 5.41) is 0. The number of ether oxygens (including phenoxy) is 1. The van der Waals surface area contributed by atoms with Gasteiger partial charge in [-0.15, -0.1) is 0 Å². The number of esters is 1. The molecule has 112 valence electrons. The number of Topliss-reactive ketones (excluding diaryl/α,β-unsaturated/α-hetero) is 1. The third-order valence-electron chi connectivity index (χ3n) is 3.76. The monoisotopic (exact) mass is 296 g/mol. The molecule has 0 amide bonds. The van der Waals surface area contributed by atoms with E-state index in [1.54, 1.807) is 18.2 Å². The predicted octanol–water partition coefficient (Wildman–Crippen LogP) is 3.73. The second-order valence-corrected chi connectivity index (χ2v) is 5.28. The molecule has 0 bridgehead atoms. The number of rotatable bonds is 3. The lowest BCUT2D eigenvalue weighted by Crippen LogP contribution is -2.16. The summed E-state index contributed by atoms with van der Waals surface area (Å²) < 4.78 is 10.5. The van der Waals surface area contributed by atoms with Gasteiger partial charge >= 0.3 is 5.97 Å². The van der Waals surface area contributed by atoms with Crippen LogP contribution in [0.4, 0.5) is 0 Å². The van der Waals surface area contributed by atoms with Gasteiger partial charge < -0.3 is 9.15 Å². The predicted molar refractivity (Wildman–Crippen MR) is 81.8 cm³/mol. The molecule has 1 aliphatic carbocycles. The maximum Gasteiger partial charge on any atom is 0.336 e. The summed E-state index contributed by atoms with van der Waals surface area (Å²) in [7, 11) is 0. The maximum absolute atomic E-state index is 12.2. The van der Waals surface area contributed by atoms with Crippen molar-refractivity contribution in [2.45, 2.75) is 26.2 Å². The van der Waals surface area contributed by atoms with Crippen LogP contribution in [-0.2, 0) is 11.2 Å². The first-order valence-electron chi connectivity index (χ1n) is 7.24. The third-order valence-corrected chi connectivity index (χ3v) is 3.76. The zero-order valence-electron chi connectivity index (χ0n) is 12.3. The molecule has 1 aliphatic rings. The molecule has 0 aliphatic heterocycles. The van der Waals surface area contributed by atoms with E-state index >= 15 is 0 Å². The van der Waals surface area contributed by atoms with E-state index in [4.69, 9.17) is 9.15 Å². The summed E-state index contributed by atoms with van der Waals surface area (Å²) in [5.41, 5.74) is 2.62. The minimum absolute atomic E-state index is 0.0442. The van der Waals surface area contributed by atoms with Crippen molar-refractivity contribution in [3.63, 3.8) is 0 Å². The van der Waals surface area contributed by atoms with Crippen LogP contribution in [0.5, 0.6) is 5.75 Å². The Labute approximate surface area is 128 Å². The van der Waals surface area contributed by atoms with E-state index in [0.717, 1.165) is 24.0 Å². The molecule has 0 atom stereocenters. The van der Waals surface area contributed by atoms with Crippen molar-refractivity contribution in [1.29, 1.82) is 0 Å². The van der Waals surface area contributed by atoms with Crippen LogP contribution in [-0.4, -0.2) is 11.8 Å². The molecule has 1 aromatic heterocycles. The number of aryl methyl sites for hydroxylation is 1. The van der Waals surface area contributed by atoms with Crippen LogP contribution in [0.25, 0.3) is 6.08 Å². The van der Waals surface area contributed by atoms with Crippen LogP contribution in [0.2, 0.25) is 0 Å². The summed E-state index contributed by atoms with van der Waals surface area (Å²) in [4.78, 5) is 24.1. The molecule has 1 heterocycles. The minimum Gasteiger partial charge on any atom is -0.465 e. The van der Waals surface area contributed by atoms with E-state index in [0.29, 0.717) is 23.5 Å². The fraction of sp³-hybridized carbons (Fsp3) is 0.222. The van der Waals surface area contributed by atoms with E-state index < -0.39 is 5.97 Å². The van der Waals surface area contributed by atoms with Crippen LogP contribution >= 0.6 is 0 Å². The summed E-state index contributed by atoms with van der Waals surface area (Å²) >= 11 is 0. The van der Waals surface area contributed by atoms with Crippen molar-refractivity contribution in [1.82, 2.24) is 0 Å². The molecule has 0 saturated heterocycles. The Hall–Kier alpha value is -2.62. The van der Waals surface area contributed by atoms with Gasteiger partial charge in [-0.3, -0.25) is 4.79 Å². The summed E-state index contributed by atoms with van der Waals surface area (Å²) in [6.07, 6.45) is 6.55. The van der Waals surface area contributed by atoms with Crippen molar-refractivity contribution in [3.8, 4) is 5.75 Å². The van der Waals surface area contributed by atoms with Gasteiger partial charge in [0, 0.05) is 12.5 Å². The van der Waals surface area contributed by atoms with Crippen LogP contribution in [0.1, 0.15) is 40.1 Å². The van der Waals surface area contributed by atoms with Gasteiger partial charge in [0.2, 0.25) is 0 Å². The number of furan rings is 1. The van der Waals surface area contributed by atoms with E-state index in [2.05, 4.69) is 0 Å². The molecule has 1 aromatic carbocycles. The van der Waals surface area contributed by atoms with Crippen molar-refractivity contribution >= 4 is 17.8 Å². The maximum atomic E-state index is 12.2. The molecule has 0 saturated carbocycles. The third kappa shape index (κ3) is 2.86. The van der Waals surface area contributed by atoms with Gasteiger partial charge in [-0.05, 0) is 55.2 Å². The van der Waals surface area contributed by atoms with Crippen molar-refractivity contribution in [2.24, 2.45) is 0 Å². The molecule has 3 rings (SSSR count). The Kier molecular flexibility index (Phi) is 3.92. The Morgan fingerprint density at radius 2 is 2.14 bits per heavy atom. The molecule has 0 unspecified atom stereocenters. The number of hydrogen-bond donors (Lipinski definition) is 0. The molecule has 22 heavy (non-hydrogen) atoms. The molecule has 2 aromatic rings. The number of fused-ring (bicyclic) bond motifs is 1. The first-order valence-corrected chi connectivity index (χ1v) is 7.24. The smallest absolute Gasteiger partial charge is 0.336 e. The highest BCUT2D eigenvalue weighted by Crippen LogP contribution is 2.32. The molecule has 0 radical (unpaired) electrons. The zero-order valence-corrected chi connectivity index (χ0v) is 12.3. The molecule has 4 nitrogen and oxygen atoms in total. The lowest BCUT2D eigenvalue weighted by molar-refractivity contribution is -0.128. The van der Waals surface area contributed by atoms with Crippen molar-refractivity contribution in [3.05, 3.63) is 59.1 Å². The quantitative estimate of drug-likeness (QED) is 0.492. The van der Waals surface area contributed by atoms with Gasteiger partial charge in [0.1, 0.15) is 11.5 Å². The highest BCUT2D eigenvalue weighted by Gasteiger charge is 2.24. The van der Waals surface area contributed by atoms with Crippen LogP contribution in [0, 0.1) is 6.92 Å². The summed E-state index contributed by atoms with van der Waals surface area (Å²) in [6.45, 7) is 1.97. The highest BCUT2D eigenvalue weighted by molar-refractivity contribution is 6.02. The fourth-order valence-corrected chi connectivity index (χ4v) is 2.67. The Balaban J connectivity index is 1.83. The van der Waals surface area contributed by atoms with Crippen molar-refractivity contribution < 1.29 is 18.7 Å². The highest BCUT2D eigenvalue weighted by atomic mass is 16.5. The average molecular weight is 296 g/mol.